The number of amides is 1. The predicted octanol–water partition coefficient (Wildman–Crippen LogP) is 2.91. The molecule has 0 aliphatic rings. The van der Waals surface area contributed by atoms with E-state index in [1.807, 2.05) is 25.1 Å². The molecular weight excluding hydrogens is 252 g/mol. The van der Waals surface area contributed by atoms with E-state index in [0.717, 1.165) is 24.9 Å². The van der Waals surface area contributed by atoms with E-state index < -0.39 is 0 Å². The quantitative estimate of drug-likeness (QED) is 0.539. The number of carbonyl (C=O) groups is 1. The third-order valence-electron chi connectivity index (χ3n) is 3.12. The highest BCUT2D eigenvalue weighted by Crippen LogP contribution is 2.23. The van der Waals surface area contributed by atoms with Crippen LogP contribution in [0.4, 0.5) is 5.69 Å². The van der Waals surface area contributed by atoms with Crippen LogP contribution in [0.2, 0.25) is 0 Å². The summed E-state index contributed by atoms with van der Waals surface area (Å²) in [4.78, 5) is 11.7. The van der Waals surface area contributed by atoms with Crippen molar-refractivity contribution in [3.8, 4) is 5.75 Å². The average Bonchev–Trinajstić information content (AvgIpc) is 2.44. The molecule has 4 heteroatoms. The number of nitrogens with two attached hydrogens (primary N) is 1. The number of aryl methyl sites for hydroxylation is 1. The van der Waals surface area contributed by atoms with Gasteiger partial charge in [-0.2, -0.15) is 0 Å². The maximum atomic E-state index is 11.7. The summed E-state index contributed by atoms with van der Waals surface area (Å²) in [5, 5.41) is 2.94. The van der Waals surface area contributed by atoms with Gasteiger partial charge >= 0.3 is 0 Å². The lowest BCUT2D eigenvalue weighted by atomic mass is 10.1. The molecule has 0 unspecified atom stereocenters. The lowest BCUT2D eigenvalue weighted by Crippen LogP contribution is -2.24. The van der Waals surface area contributed by atoms with Crippen LogP contribution in [0.5, 0.6) is 5.75 Å². The Labute approximate surface area is 121 Å². The molecule has 0 aliphatic heterocycles. The molecule has 0 radical (unpaired) electrons. The number of unbranched alkanes of at least 4 members (excludes halogenated alkanes) is 2. The number of hydrogen-bond donors (Lipinski definition) is 2. The second-order valence-corrected chi connectivity index (χ2v) is 4.86. The molecule has 1 amide bonds. The topological polar surface area (TPSA) is 64.3 Å². The first-order chi connectivity index (χ1) is 9.67. The molecule has 0 atom stereocenters. The standard InChI is InChI=1S/C16H26N2O2/c1-3-5-6-11-18-16(19)10-8-13-7-9-15(20-4-2)14(17)12-13/h7,9,12H,3-6,8,10-11,17H2,1-2H3,(H,18,19). The lowest BCUT2D eigenvalue weighted by Gasteiger charge is -2.09. The number of ether oxygens (including phenoxy) is 1. The SMILES string of the molecule is CCCCCNC(=O)CCc1ccc(OCC)c(N)c1. The maximum absolute atomic E-state index is 11.7. The number of benzene rings is 1. The Morgan fingerprint density at radius 2 is 2.10 bits per heavy atom. The molecular formula is C16H26N2O2. The van der Waals surface area contributed by atoms with E-state index in [1.165, 1.54) is 6.42 Å². The number of nitrogens with one attached hydrogen (secondary N) is 1. The minimum absolute atomic E-state index is 0.105. The monoisotopic (exact) mass is 278 g/mol. The fraction of sp³-hybridized carbons (Fsp3) is 0.562. The van der Waals surface area contributed by atoms with Crippen molar-refractivity contribution in [2.45, 2.75) is 46.0 Å². The van der Waals surface area contributed by atoms with Gasteiger partial charge in [-0.05, 0) is 37.5 Å². The fourth-order valence-electron chi connectivity index (χ4n) is 1.99. The van der Waals surface area contributed by atoms with Gasteiger partial charge in [0.1, 0.15) is 5.75 Å². The Balaban J connectivity index is 2.34. The van der Waals surface area contributed by atoms with Crippen LogP contribution in [0.3, 0.4) is 0 Å². The second-order valence-electron chi connectivity index (χ2n) is 4.86. The largest absolute Gasteiger partial charge is 0.492 e. The molecule has 0 spiro atoms. The van der Waals surface area contributed by atoms with Crippen LogP contribution in [0.15, 0.2) is 18.2 Å². The van der Waals surface area contributed by atoms with Crippen molar-refractivity contribution in [2.75, 3.05) is 18.9 Å². The summed E-state index contributed by atoms with van der Waals surface area (Å²) in [6.07, 6.45) is 4.59. The number of hydrogen-bond acceptors (Lipinski definition) is 3. The van der Waals surface area contributed by atoms with Crippen LogP contribution < -0.4 is 15.8 Å². The van der Waals surface area contributed by atoms with Crippen LogP contribution in [-0.2, 0) is 11.2 Å². The zero-order valence-electron chi connectivity index (χ0n) is 12.6. The Hall–Kier alpha value is -1.71. The molecule has 4 nitrogen and oxygen atoms in total. The summed E-state index contributed by atoms with van der Waals surface area (Å²) in [6.45, 7) is 5.45. The van der Waals surface area contributed by atoms with Crippen LogP contribution in [0.1, 0.15) is 45.1 Å². The number of anilines is 1. The van der Waals surface area contributed by atoms with Gasteiger partial charge in [0.2, 0.25) is 5.91 Å². The van der Waals surface area contributed by atoms with Crippen LogP contribution >= 0.6 is 0 Å². The molecule has 0 saturated carbocycles. The van der Waals surface area contributed by atoms with Crippen molar-refractivity contribution >= 4 is 11.6 Å². The molecule has 3 N–H and O–H groups in total. The summed E-state index contributed by atoms with van der Waals surface area (Å²) >= 11 is 0. The summed E-state index contributed by atoms with van der Waals surface area (Å²) in [7, 11) is 0. The molecule has 0 aromatic heterocycles. The van der Waals surface area contributed by atoms with E-state index in [-0.39, 0.29) is 5.91 Å². The van der Waals surface area contributed by atoms with Crippen molar-refractivity contribution in [3.63, 3.8) is 0 Å². The van der Waals surface area contributed by atoms with Gasteiger partial charge in [0.15, 0.2) is 0 Å². The second kappa shape index (κ2) is 9.23. The number of carbonyl (C=O) groups excluding carboxylic acids is 1. The molecule has 0 aliphatic carbocycles. The Morgan fingerprint density at radius 3 is 2.75 bits per heavy atom. The highest BCUT2D eigenvalue weighted by Gasteiger charge is 2.04. The predicted molar refractivity (Wildman–Crippen MR) is 82.9 cm³/mol. The van der Waals surface area contributed by atoms with Crippen molar-refractivity contribution in [3.05, 3.63) is 23.8 Å². The maximum Gasteiger partial charge on any atom is 0.220 e. The third-order valence-corrected chi connectivity index (χ3v) is 3.12. The van der Waals surface area contributed by atoms with Crippen LogP contribution in [-0.4, -0.2) is 19.1 Å². The third kappa shape index (κ3) is 5.95. The van der Waals surface area contributed by atoms with Gasteiger partial charge in [0, 0.05) is 13.0 Å². The highest BCUT2D eigenvalue weighted by molar-refractivity contribution is 5.76. The van der Waals surface area contributed by atoms with Gasteiger partial charge in [-0.25, -0.2) is 0 Å². The fourth-order valence-corrected chi connectivity index (χ4v) is 1.99. The number of rotatable bonds is 9. The van der Waals surface area contributed by atoms with E-state index in [2.05, 4.69) is 12.2 Å². The molecule has 0 fully saturated rings. The van der Waals surface area contributed by atoms with Gasteiger partial charge in [-0.1, -0.05) is 25.8 Å². The molecule has 1 aromatic carbocycles. The highest BCUT2D eigenvalue weighted by atomic mass is 16.5. The Morgan fingerprint density at radius 1 is 1.30 bits per heavy atom. The summed E-state index contributed by atoms with van der Waals surface area (Å²) < 4.78 is 5.39. The van der Waals surface area contributed by atoms with Crippen molar-refractivity contribution in [1.82, 2.24) is 5.32 Å². The van der Waals surface area contributed by atoms with E-state index in [4.69, 9.17) is 10.5 Å². The number of nitrogen functional groups attached to an aromatic ring is 1. The van der Waals surface area contributed by atoms with Gasteiger partial charge in [0.25, 0.3) is 0 Å². The Bertz CT molecular complexity index is 419. The summed E-state index contributed by atoms with van der Waals surface area (Å²) in [5.74, 6) is 0.814. The van der Waals surface area contributed by atoms with Crippen molar-refractivity contribution in [1.29, 1.82) is 0 Å². The summed E-state index contributed by atoms with van der Waals surface area (Å²) in [6, 6.07) is 5.72. The lowest BCUT2D eigenvalue weighted by molar-refractivity contribution is -0.121. The minimum atomic E-state index is 0.105. The average molecular weight is 278 g/mol. The molecule has 1 rings (SSSR count). The van der Waals surface area contributed by atoms with Crippen molar-refractivity contribution < 1.29 is 9.53 Å². The first-order valence-corrected chi connectivity index (χ1v) is 7.45. The summed E-state index contributed by atoms with van der Waals surface area (Å²) in [5.41, 5.74) is 7.60. The van der Waals surface area contributed by atoms with E-state index >= 15 is 0 Å². The van der Waals surface area contributed by atoms with Crippen molar-refractivity contribution in [2.24, 2.45) is 0 Å². The minimum Gasteiger partial charge on any atom is -0.492 e. The molecule has 20 heavy (non-hydrogen) atoms. The zero-order chi connectivity index (χ0) is 14.8. The smallest absolute Gasteiger partial charge is 0.220 e. The van der Waals surface area contributed by atoms with E-state index in [0.29, 0.717) is 30.9 Å². The molecule has 0 saturated heterocycles. The van der Waals surface area contributed by atoms with Gasteiger partial charge in [-0.3, -0.25) is 4.79 Å². The van der Waals surface area contributed by atoms with Gasteiger partial charge < -0.3 is 15.8 Å². The van der Waals surface area contributed by atoms with E-state index in [9.17, 15) is 4.79 Å². The van der Waals surface area contributed by atoms with Gasteiger partial charge in [0.05, 0.1) is 12.3 Å². The Kier molecular flexibility index (Phi) is 7.55. The first-order valence-electron chi connectivity index (χ1n) is 7.45. The molecule has 0 heterocycles. The van der Waals surface area contributed by atoms with E-state index in [1.54, 1.807) is 0 Å². The van der Waals surface area contributed by atoms with Gasteiger partial charge in [-0.15, -0.1) is 0 Å². The first kappa shape index (κ1) is 16.3. The van der Waals surface area contributed by atoms with Crippen LogP contribution in [0.25, 0.3) is 0 Å². The zero-order valence-corrected chi connectivity index (χ0v) is 12.6. The molecule has 0 bridgehead atoms. The molecule has 112 valence electrons. The molecule has 1 aromatic rings. The normalized spacial score (nSPS) is 10.3. The van der Waals surface area contributed by atoms with Crippen LogP contribution in [0, 0.1) is 0 Å².